The van der Waals surface area contributed by atoms with Crippen LogP contribution in [0.1, 0.15) is 26.7 Å². The van der Waals surface area contributed by atoms with E-state index >= 15 is 0 Å². The van der Waals surface area contributed by atoms with Gasteiger partial charge in [-0.05, 0) is 49.2 Å². The Bertz CT molecular complexity index is 830. The number of benzene rings is 2. The Morgan fingerprint density at radius 3 is 1.56 bits per heavy atom. The fraction of sp³-hybridized carbons (Fsp3) is 0.273. The molecule has 0 bridgehead atoms. The highest BCUT2D eigenvalue weighted by atomic mass is 16.5. The lowest BCUT2D eigenvalue weighted by Gasteiger charge is -2.11. The lowest BCUT2D eigenvalue weighted by atomic mass is 10.1. The SMILES string of the molecule is CCCOc1cc(N)ccc1-c1ccc(-c2ccc(N)cc2OCCC)o1. The van der Waals surface area contributed by atoms with Crippen molar-refractivity contribution in [2.24, 2.45) is 0 Å². The number of nitrogen functional groups attached to an aromatic ring is 2. The van der Waals surface area contributed by atoms with Crippen molar-refractivity contribution in [1.82, 2.24) is 0 Å². The summed E-state index contributed by atoms with van der Waals surface area (Å²) in [6.45, 7) is 5.37. The Kier molecular flexibility index (Phi) is 5.91. The van der Waals surface area contributed by atoms with Crippen molar-refractivity contribution in [2.75, 3.05) is 24.7 Å². The number of rotatable bonds is 8. The zero-order chi connectivity index (χ0) is 19.2. The molecule has 1 aromatic heterocycles. The largest absolute Gasteiger partial charge is 0.493 e. The third kappa shape index (κ3) is 4.37. The van der Waals surface area contributed by atoms with E-state index in [1.165, 1.54) is 0 Å². The minimum atomic E-state index is 0.622. The molecule has 0 fully saturated rings. The molecule has 0 saturated carbocycles. The summed E-state index contributed by atoms with van der Waals surface area (Å²) in [6, 6.07) is 15.0. The maximum absolute atomic E-state index is 6.14. The first kappa shape index (κ1) is 18.7. The van der Waals surface area contributed by atoms with E-state index in [-0.39, 0.29) is 0 Å². The van der Waals surface area contributed by atoms with E-state index in [4.69, 9.17) is 25.4 Å². The predicted molar refractivity (Wildman–Crippen MR) is 110 cm³/mol. The van der Waals surface area contributed by atoms with E-state index in [0.29, 0.717) is 24.6 Å². The molecule has 0 aliphatic rings. The van der Waals surface area contributed by atoms with Crippen LogP contribution in [-0.2, 0) is 0 Å². The normalized spacial score (nSPS) is 10.7. The molecule has 3 aromatic rings. The lowest BCUT2D eigenvalue weighted by Crippen LogP contribution is -1.98. The van der Waals surface area contributed by atoms with E-state index < -0.39 is 0 Å². The van der Waals surface area contributed by atoms with E-state index in [2.05, 4.69) is 13.8 Å². The summed E-state index contributed by atoms with van der Waals surface area (Å²) in [6.07, 6.45) is 1.84. The summed E-state index contributed by atoms with van der Waals surface area (Å²) in [4.78, 5) is 0. The summed E-state index contributed by atoms with van der Waals surface area (Å²) in [5, 5.41) is 0. The van der Waals surface area contributed by atoms with Crippen molar-refractivity contribution in [3.63, 3.8) is 0 Å². The molecule has 0 saturated heterocycles. The highest BCUT2D eigenvalue weighted by Gasteiger charge is 2.15. The average Bonchev–Trinajstić information content (AvgIpc) is 3.14. The smallest absolute Gasteiger partial charge is 0.138 e. The minimum absolute atomic E-state index is 0.622. The van der Waals surface area contributed by atoms with Crippen molar-refractivity contribution >= 4 is 11.4 Å². The molecule has 0 aliphatic carbocycles. The number of hydrogen-bond donors (Lipinski definition) is 2. The highest BCUT2D eigenvalue weighted by molar-refractivity contribution is 5.74. The van der Waals surface area contributed by atoms with Crippen molar-refractivity contribution in [3.05, 3.63) is 48.5 Å². The number of nitrogens with two attached hydrogens (primary N) is 2. The van der Waals surface area contributed by atoms with Gasteiger partial charge in [0.2, 0.25) is 0 Å². The summed E-state index contributed by atoms with van der Waals surface area (Å²) < 4.78 is 17.8. The zero-order valence-electron chi connectivity index (χ0n) is 15.8. The molecule has 4 N–H and O–H groups in total. The van der Waals surface area contributed by atoms with Gasteiger partial charge in [-0.1, -0.05) is 13.8 Å². The molecule has 0 aliphatic heterocycles. The summed E-state index contributed by atoms with van der Waals surface area (Å²) >= 11 is 0. The second kappa shape index (κ2) is 8.54. The van der Waals surface area contributed by atoms with Crippen LogP contribution in [0.25, 0.3) is 22.6 Å². The minimum Gasteiger partial charge on any atom is -0.493 e. The van der Waals surface area contributed by atoms with Crippen molar-refractivity contribution < 1.29 is 13.9 Å². The molecular weight excluding hydrogens is 340 g/mol. The molecule has 0 radical (unpaired) electrons. The lowest BCUT2D eigenvalue weighted by molar-refractivity contribution is 0.317. The fourth-order valence-corrected chi connectivity index (χ4v) is 2.78. The Hall–Kier alpha value is -3.08. The van der Waals surface area contributed by atoms with Crippen LogP contribution in [0.2, 0.25) is 0 Å². The number of hydrogen-bond acceptors (Lipinski definition) is 5. The van der Waals surface area contributed by atoms with Gasteiger partial charge in [-0.2, -0.15) is 0 Å². The van der Waals surface area contributed by atoms with Gasteiger partial charge in [0.05, 0.1) is 24.3 Å². The second-order valence-corrected chi connectivity index (χ2v) is 6.37. The number of furan rings is 1. The topological polar surface area (TPSA) is 83.6 Å². The zero-order valence-corrected chi connectivity index (χ0v) is 15.8. The molecule has 0 unspecified atom stereocenters. The third-order valence-electron chi connectivity index (χ3n) is 4.07. The summed E-state index contributed by atoms with van der Waals surface area (Å²) in [5.74, 6) is 2.87. The van der Waals surface area contributed by atoms with Gasteiger partial charge in [0.15, 0.2) is 0 Å². The third-order valence-corrected chi connectivity index (χ3v) is 4.07. The van der Waals surface area contributed by atoms with E-state index in [1.807, 2.05) is 48.5 Å². The fourth-order valence-electron chi connectivity index (χ4n) is 2.78. The van der Waals surface area contributed by atoms with Gasteiger partial charge in [0, 0.05) is 23.5 Å². The van der Waals surface area contributed by atoms with Gasteiger partial charge in [0.1, 0.15) is 23.0 Å². The van der Waals surface area contributed by atoms with Gasteiger partial charge in [-0.3, -0.25) is 0 Å². The summed E-state index contributed by atoms with van der Waals surface area (Å²) in [5.41, 5.74) is 14.9. The first-order chi connectivity index (χ1) is 13.1. The molecule has 5 heteroatoms. The van der Waals surface area contributed by atoms with E-state index in [1.54, 1.807) is 0 Å². The van der Waals surface area contributed by atoms with Crippen LogP contribution in [0.3, 0.4) is 0 Å². The van der Waals surface area contributed by atoms with Crippen molar-refractivity contribution in [3.8, 4) is 34.1 Å². The molecule has 27 heavy (non-hydrogen) atoms. The van der Waals surface area contributed by atoms with Gasteiger partial charge in [-0.15, -0.1) is 0 Å². The molecule has 0 amide bonds. The number of ether oxygens (including phenoxy) is 2. The molecule has 3 rings (SSSR count). The molecule has 0 spiro atoms. The van der Waals surface area contributed by atoms with Crippen LogP contribution >= 0.6 is 0 Å². The first-order valence-electron chi connectivity index (χ1n) is 9.27. The summed E-state index contributed by atoms with van der Waals surface area (Å²) in [7, 11) is 0. The number of anilines is 2. The van der Waals surface area contributed by atoms with Crippen LogP contribution in [0, 0.1) is 0 Å². The monoisotopic (exact) mass is 366 g/mol. The predicted octanol–water partition coefficient (Wildman–Crippen LogP) is 5.36. The Morgan fingerprint density at radius 2 is 1.15 bits per heavy atom. The van der Waals surface area contributed by atoms with E-state index in [0.717, 1.165) is 47.0 Å². The van der Waals surface area contributed by atoms with Crippen LogP contribution < -0.4 is 20.9 Å². The highest BCUT2D eigenvalue weighted by Crippen LogP contribution is 2.38. The van der Waals surface area contributed by atoms with Crippen molar-refractivity contribution in [1.29, 1.82) is 0 Å². The second-order valence-electron chi connectivity index (χ2n) is 6.37. The van der Waals surface area contributed by atoms with Crippen LogP contribution in [0.15, 0.2) is 52.9 Å². The van der Waals surface area contributed by atoms with Gasteiger partial charge >= 0.3 is 0 Å². The van der Waals surface area contributed by atoms with Crippen LogP contribution in [-0.4, -0.2) is 13.2 Å². The van der Waals surface area contributed by atoms with Crippen LogP contribution in [0.5, 0.6) is 11.5 Å². The standard InChI is InChI=1S/C22H26N2O3/c1-3-11-25-21-13-15(23)5-7-17(21)19-9-10-20(27-19)18-8-6-16(24)14-22(18)26-12-4-2/h5-10,13-14H,3-4,11-12,23-24H2,1-2H3. The molecule has 142 valence electrons. The van der Waals surface area contributed by atoms with Gasteiger partial charge in [-0.25, -0.2) is 0 Å². The quantitative estimate of drug-likeness (QED) is 0.525. The van der Waals surface area contributed by atoms with Gasteiger partial charge < -0.3 is 25.4 Å². The molecule has 0 atom stereocenters. The Morgan fingerprint density at radius 1 is 0.704 bits per heavy atom. The maximum atomic E-state index is 6.14. The molecular formula is C22H26N2O3. The van der Waals surface area contributed by atoms with Crippen molar-refractivity contribution in [2.45, 2.75) is 26.7 Å². The Labute approximate surface area is 159 Å². The Balaban J connectivity index is 1.96. The molecule has 2 aromatic carbocycles. The maximum Gasteiger partial charge on any atom is 0.138 e. The first-order valence-corrected chi connectivity index (χ1v) is 9.27. The average molecular weight is 366 g/mol. The van der Waals surface area contributed by atoms with Crippen LogP contribution in [0.4, 0.5) is 11.4 Å². The van der Waals surface area contributed by atoms with Gasteiger partial charge in [0.25, 0.3) is 0 Å². The van der Waals surface area contributed by atoms with E-state index in [9.17, 15) is 0 Å². The molecule has 1 heterocycles. The molecule has 5 nitrogen and oxygen atoms in total.